The first kappa shape index (κ1) is 15.7. The van der Waals surface area contributed by atoms with Gasteiger partial charge in [0.2, 0.25) is 5.91 Å². The van der Waals surface area contributed by atoms with E-state index in [1.54, 1.807) is 13.0 Å². The highest BCUT2D eigenvalue weighted by Gasteiger charge is 2.11. The van der Waals surface area contributed by atoms with E-state index in [4.69, 9.17) is 0 Å². The Kier molecular flexibility index (Phi) is 4.89. The molecule has 0 fully saturated rings. The van der Waals surface area contributed by atoms with Gasteiger partial charge in [-0.2, -0.15) is 0 Å². The lowest BCUT2D eigenvalue weighted by molar-refractivity contribution is -0.384. The molecule has 1 aromatic carbocycles. The van der Waals surface area contributed by atoms with Crippen molar-refractivity contribution in [3.05, 3.63) is 56.5 Å². The normalized spacial score (nSPS) is 10.2. The number of nitro groups is 1. The summed E-state index contributed by atoms with van der Waals surface area (Å²) in [6.07, 6.45) is 1.35. The molecule has 2 rings (SSSR count). The Morgan fingerprint density at radius 3 is 2.91 bits per heavy atom. The van der Waals surface area contributed by atoms with Crippen LogP contribution in [0.2, 0.25) is 0 Å². The highest BCUT2D eigenvalue weighted by molar-refractivity contribution is 7.99. The summed E-state index contributed by atoms with van der Waals surface area (Å²) in [4.78, 5) is 39.6. The van der Waals surface area contributed by atoms with Gasteiger partial charge in [0.1, 0.15) is 0 Å². The molecule has 8 nitrogen and oxygen atoms in total. The van der Waals surface area contributed by atoms with Gasteiger partial charge in [0, 0.05) is 24.4 Å². The molecule has 0 saturated heterocycles. The summed E-state index contributed by atoms with van der Waals surface area (Å²) in [7, 11) is 0. The summed E-state index contributed by atoms with van der Waals surface area (Å²) in [6.45, 7) is 1.74. The zero-order valence-corrected chi connectivity index (χ0v) is 12.3. The lowest BCUT2D eigenvalue weighted by Gasteiger charge is -2.07. The van der Waals surface area contributed by atoms with Crippen molar-refractivity contribution in [3.8, 4) is 0 Å². The zero-order valence-electron chi connectivity index (χ0n) is 11.5. The van der Waals surface area contributed by atoms with Crippen LogP contribution in [0, 0.1) is 17.0 Å². The molecule has 114 valence electrons. The Balaban J connectivity index is 2.01. The van der Waals surface area contributed by atoms with E-state index in [1.165, 1.54) is 24.4 Å². The van der Waals surface area contributed by atoms with Gasteiger partial charge >= 0.3 is 0 Å². The van der Waals surface area contributed by atoms with Crippen LogP contribution in [0.25, 0.3) is 0 Å². The molecule has 22 heavy (non-hydrogen) atoms. The molecule has 2 aromatic rings. The summed E-state index contributed by atoms with van der Waals surface area (Å²) in [5.41, 5.74) is 0.708. The standard InChI is InChI=1S/C13H12N4O4S/c1-8-2-3-9(17(20)21)6-10(8)15-12(19)7-22-13-14-5-4-11(18)16-13/h2-6H,7H2,1H3,(H,15,19)(H,14,16,18). The van der Waals surface area contributed by atoms with Crippen molar-refractivity contribution in [1.29, 1.82) is 0 Å². The summed E-state index contributed by atoms with van der Waals surface area (Å²) < 4.78 is 0. The molecule has 0 aliphatic carbocycles. The van der Waals surface area contributed by atoms with E-state index in [-0.39, 0.29) is 22.9 Å². The largest absolute Gasteiger partial charge is 0.325 e. The summed E-state index contributed by atoms with van der Waals surface area (Å²) in [5.74, 6) is -0.324. The summed E-state index contributed by atoms with van der Waals surface area (Å²) >= 11 is 1.07. The predicted molar refractivity (Wildman–Crippen MR) is 82.0 cm³/mol. The molecule has 1 amide bonds. The van der Waals surface area contributed by atoms with Crippen molar-refractivity contribution < 1.29 is 9.72 Å². The Bertz CT molecular complexity index is 775. The monoisotopic (exact) mass is 320 g/mol. The van der Waals surface area contributed by atoms with Crippen molar-refractivity contribution in [3.63, 3.8) is 0 Å². The first-order chi connectivity index (χ1) is 10.5. The second kappa shape index (κ2) is 6.85. The number of benzene rings is 1. The maximum atomic E-state index is 11.9. The van der Waals surface area contributed by atoms with Crippen LogP contribution < -0.4 is 10.9 Å². The van der Waals surface area contributed by atoms with E-state index in [1.807, 2.05) is 0 Å². The van der Waals surface area contributed by atoms with E-state index in [2.05, 4.69) is 15.3 Å². The summed E-state index contributed by atoms with van der Waals surface area (Å²) in [5, 5.41) is 13.7. The predicted octanol–water partition coefficient (Wildman–Crippen LogP) is 1.72. The van der Waals surface area contributed by atoms with Crippen LogP contribution in [0.4, 0.5) is 11.4 Å². The first-order valence-electron chi connectivity index (χ1n) is 6.19. The van der Waals surface area contributed by atoms with Crippen molar-refractivity contribution in [1.82, 2.24) is 9.97 Å². The number of nitrogens with zero attached hydrogens (tertiary/aromatic N) is 2. The van der Waals surface area contributed by atoms with Gasteiger partial charge in [-0.3, -0.25) is 19.7 Å². The van der Waals surface area contributed by atoms with Crippen LogP contribution in [-0.2, 0) is 4.79 Å². The molecule has 0 aliphatic heterocycles. The van der Waals surface area contributed by atoms with Crippen LogP contribution in [0.15, 0.2) is 40.4 Å². The van der Waals surface area contributed by atoms with Crippen LogP contribution in [-0.4, -0.2) is 26.6 Å². The number of anilines is 1. The molecule has 2 N–H and O–H groups in total. The molecule has 1 aromatic heterocycles. The fourth-order valence-electron chi connectivity index (χ4n) is 1.60. The SMILES string of the molecule is Cc1ccc([N+](=O)[O-])cc1NC(=O)CSc1nccc(=O)[nH]1. The fourth-order valence-corrected chi connectivity index (χ4v) is 2.25. The van der Waals surface area contributed by atoms with E-state index in [9.17, 15) is 19.7 Å². The highest BCUT2D eigenvalue weighted by Crippen LogP contribution is 2.22. The topological polar surface area (TPSA) is 118 Å². The minimum atomic E-state index is -0.525. The molecular formula is C13H12N4O4S. The maximum absolute atomic E-state index is 11.9. The molecule has 0 aliphatic rings. The van der Waals surface area contributed by atoms with E-state index >= 15 is 0 Å². The molecule has 1 heterocycles. The Hall–Kier alpha value is -2.68. The van der Waals surface area contributed by atoms with Gasteiger partial charge in [0.05, 0.1) is 16.4 Å². The van der Waals surface area contributed by atoms with Crippen LogP contribution in [0.1, 0.15) is 5.56 Å². The second-order valence-corrected chi connectivity index (χ2v) is 5.30. The Morgan fingerprint density at radius 2 is 2.23 bits per heavy atom. The number of thioether (sulfide) groups is 1. The maximum Gasteiger partial charge on any atom is 0.271 e. The number of hydrogen-bond acceptors (Lipinski definition) is 6. The minimum absolute atomic E-state index is 0.0229. The van der Waals surface area contributed by atoms with Crippen LogP contribution in [0.3, 0.4) is 0 Å². The van der Waals surface area contributed by atoms with Crippen molar-refractivity contribution in [2.75, 3.05) is 11.1 Å². The Morgan fingerprint density at radius 1 is 1.45 bits per heavy atom. The van der Waals surface area contributed by atoms with Crippen LogP contribution in [0.5, 0.6) is 0 Å². The molecule has 0 spiro atoms. The van der Waals surface area contributed by atoms with Gasteiger partial charge in [-0.25, -0.2) is 4.98 Å². The highest BCUT2D eigenvalue weighted by atomic mass is 32.2. The van der Waals surface area contributed by atoms with E-state index in [0.717, 1.165) is 17.3 Å². The number of aromatic amines is 1. The van der Waals surface area contributed by atoms with Crippen molar-refractivity contribution in [2.45, 2.75) is 12.1 Å². The molecule has 0 unspecified atom stereocenters. The van der Waals surface area contributed by atoms with Crippen LogP contribution >= 0.6 is 11.8 Å². The van der Waals surface area contributed by atoms with E-state index in [0.29, 0.717) is 10.8 Å². The number of nitrogens with one attached hydrogen (secondary N) is 2. The number of aromatic nitrogens is 2. The van der Waals surface area contributed by atoms with Gasteiger partial charge in [0.25, 0.3) is 11.2 Å². The summed E-state index contributed by atoms with van der Waals surface area (Å²) in [6, 6.07) is 5.52. The number of nitro benzene ring substituents is 1. The van der Waals surface area contributed by atoms with Gasteiger partial charge in [-0.1, -0.05) is 17.8 Å². The number of H-pyrrole nitrogens is 1. The second-order valence-electron chi connectivity index (χ2n) is 4.33. The van der Waals surface area contributed by atoms with Gasteiger partial charge in [-0.15, -0.1) is 0 Å². The van der Waals surface area contributed by atoms with Crippen molar-refractivity contribution in [2.24, 2.45) is 0 Å². The zero-order chi connectivity index (χ0) is 16.1. The number of hydrogen-bond donors (Lipinski definition) is 2. The molecule has 9 heteroatoms. The first-order valence-corrected chi connectivity index (χ1v) is 7.17. The van der Waals surface area contributed by atoms with Gasteiger partial charge in [0.15, 0.2) is 5.16 Å². The van der Waals surface area contributed by atoms with Crippen molar-refractivity contribution >= 4 is 29.0 Å². The third kappa shape index (κ3) is 4.16. The molecule has 0 atom stereocenters. The third-order valence-electron chi connectivity index (χ3n) is 2.69. The fraction of sp³-hybridized carbons (Fsp3) is 0.154. The lowest BCUT2D eigenvalue weighted by atomic mass is 10.2. The molecule has 0 radical (unpaired) electrons. The Labute approximate surface area is 129 Å². The minimum Gasteiger partial charge on any atom is -0.325 e. The number of carbonyl (C=O) groups excluding carboxylic acids is 1. The number of non-ortho nitro benzene ring substituents is 1. The van der Waals surface area contributed by atoms with Gasteiger partial charge < -0.3 is 10.3 Å². The third-order valence-corrected chi connectivity index (χ3v) is 3.58. The molecule has 0 saturated carbocycles. The van der Waals surface area contributed by atoms with E-state index < -0.39 is 4.92 Å². The number of aryl methyl sites for hydroxylation is 1. The smallest absolute Gasteiger partial charge is 0.271 e. The average Bonchev–Trinajstić information content (AvgIpc) is 2.47. The average molecular weight is 320 g/mol. The molecular weight excluding hydrogens is 308 g/mol. The number of carbonyl (C=O) groups is 1. The number of amides is 1. The molecule has 0 bridgehead atoms. The lowest BCUT2D eigenvalue weighted by Crippen LogP contribution is -2.16. The number of rotatable bonds is 5. The quantitative estimate of drug-likeness (QED) is 0.375. The van der Waals surface area contributed by atoms with Gasteiger partial charge in [-0.05, 0) is 12.5 Å².